The van der Waals surface area contributed by atoms with Crippen LogP contribution in [0, 0.1) is 13.8 Å². The number of carbonyl (C=O) groups excluding carboxylic acids is 2. The number of nitrogens with one attached hydrogen (secondary N) is 1. The van der Waals surface area contributed by atoms with Crippen LogP contribution in [0.3, 0.4) is 0 Å². The molecule has 2 aromatic carbocycles. The van der Waals surface area contributed by atoms with Gasteiger partial charge in [-0.15, -0.1) is 0 Å². The summed E-state index contributed by atoms with van der Waals surface area (Å²) in [6.45, 7) is 3.88. The summed E-state index contributed by atoms with van der Waals surface area (Å²) in [6.07, 6.45) is 2.05. The van der Waals surface area contributed by atoms with Crippen molar-refractivity contribution in [1.82, 2.24) is 5.32 Å². The van der Waals surface area contributed by atoms with Crippen LogP contribution in [-0.4, -0.2) is 17.7 Å². The van der Waals surface area contributed by atoms with Crippen molar-refractivity contribution in [2.24, 2.45) is 0 Å². The lowest BCUT2D eigenvalue weighted by atomic mass is 9.94. The van der Waals surface area contributed by atoms with Gasteiger partial charge in [0.25, 0.3) is 5.91 Å². The van der Waals surface area contributed by atoms with Gasteiger partial charge < -0.3 is 5.32 Å². The minimum Gasteiger partial charge on any atom is -0.349 e. The molecule has 0 atom stereocenters. The molecule has 112 valence electrons. The first-order valence-corrected chi connectivity index (χ1v) is 7.58. The zero-order chi connectivity index (χ0) is 15.7. The quantitative estimate of drug-likeness (QED) is 0.878. The van der Waals surface area contributed by atoms with Gasteiger partial charge in [0.05, 0.1) is 5.56 Å². The van der Waals surface area contributed by atoms with Crippen LogP contribution in [0.25, 0.3) is 0 Å². The number of rotatable bonds is 4. The second-order valence-corrected chi connectivity index (χ2v) is 5.94. The summed E-state index contributed by atoms with van der Waals surface area (Å²) in [7, 11) is 0. The Hall–Kier alpha value is -2.42. The Morgan fingerprint density at radius 1 is 0.955 bits per heavy atom. The molecular formula is C19H19NO2. The highest BCUT2D eigenvalue weighted by molar-refractivity contribution is 6.16. The van der Waals surface area contributed by atoms with Crippen molar-refractivity contribution >= 4 is 11.7 Å². The molecule has 0 radical (unpaired) electrons. The molecule has 2 aromatic rings. The second-order valence-electron chi connectivity index (χ2n) is 5.94. The highest BCUT2D eigenvalue weighted by Gasteiger charge is 2.26. The number of ketones is 1. The van der Waals surface area contributed by atoms with Crippen LogP contribution in [0.1, 0.15) is 50.2 Å². The van der Waals surface area contributed by atoms with E-state index in [9.17, 15) is 9.59 Å². The molecule has 3 nitrogen and oxygen atoms in total. The van der Waals surface area contributed by atoms with Crippen molar-refractivity contribution in [2.45, 2.75) is 32.7 Å². The Bertz CT molecular complexity index is 745. The number of hydrogen-bond acceptors (Lipinski definition) is 2. The molecule has 1 N–H and O–H groups in total. The van der Waals surface area contributed by atoms with E-state index in [1.807, 2.05) is 32.0 Å². The fourth-order valence-corrected chi connectivity index (χ4v) is 2.50. The molecule has 0 heterocycles. The van der Waals surface area contributed by atoms with Gasteiger partial charge in [0.1, 0.15) is 0 Å². The Balaban J connectivity index is 1.98. The molecular weight excluding hydrogens is 274 g/mol. The molecule has 0 aliphatic heterocycles. The maximum Gasteiger partial charge on any atom is 0.252 e. The first kappa shape index (κ1) is 14.5. The molecule has 0 aromatic heterocycles. The monoisotopic (exact) mass is 293 g/mol. The molecule has 1 amide bonds. The van der Waals surface area contributed by atoms with Crippen molar-refractivity contribution < 1.29 is 9.59 Å². The molecule has 0 spiro atoms. The minimum atomic E-state index is -0.156. The van der Waals surface area contributed by atoms with Crippen LogP contribution in [-0.2, 0) is 0 Å². The Morgan fingerprint density at radius 3 is 2.32 bits per heavy atom. The van der Waals surface area contributed by atoms with E-state index in [1.54, 1.807) is 24.3 Å². The fraction of sp³-hybridized carbons (Fsp3) is 0.263. The molecule has 22 heavy (non-hydrogen) atoms. The highest BCUT2D eigenvalue weighted by Crippen LogP contribution is 2.22. The molecule has 1 saturated carbocycles. The molecule has 3 heteroatoms. The first-order chi connectivity index (χ1) is 10.6. The molecule has 1 aliphatic carbocycles. The largest absolute Gasteiger partial charge is 0.349 e. The van der Waals surface area contributed by atoms with Gasteiger partial charge in [0.15, 0.2) is 5.78 Å². The van der Waals surface area contributed by atoms with Crippen LogP contribution < -0.4 is 5.32 Å². The van der Waals surface area contributed by atoms with Gasteiger partial charge in [0.2, 0.25) is 0 Å². The van der Waals surface area contributed by atoms with Gasteiger partial charge in [-0.25, -0.2) is 0 Å². The molecule has 0 unspecified atom stereocenters. The average molecular weight is 293 g/mol. The third-order valence-electron chi connectivity index (χ3n) is 3.97. The van der Waals surface area contributed by atoms with Crippen molar-refractivity contribution in [3.8, 4) is 0 Å². The summed E-state index contributed by atoms with van der Waals surface area (Å²) in [5.74, 6) is -0.250. The minimum absolute atomic E-state index is 0.0947. The summed E-state index contributed by atoms with van der Waals surface area (Å²) in [6, 6.07) is 13.1. The lowest BCUT2D eigenvalue weighted by molar-refractivity contribution is 0.0939. The Morgan fingerprint density at radius 2 is 1.64 bits per heavy atom. The van der Waals surface area contributed by atoms with Crippen LogP contribution in [0.15, 0.2) is 42.5 Å². The summed E-state index contributed by atoms with van der Waals surface area (Å²) < 4.78 is 0. The first-order valence-electron chi connectivity index (χ1n) is 7.58. The smallest absolute Gasteiger partial charge is 0.252 e. The van der Waals surface area contributed by atoms with E-state index in [4.69, 9.17) is 0 Å². The van der Waals surface area contributed by atoms with E-state index in [-0.39, 0.29) is 17.7 Å². The van der Waals surface area contributed by atoms with E-state index >= 15 is 0 Å². The summed E-state index contributed by atoms with van der Waals surface area (Å²) in [4.78, 5) is 25.2. The molecule has 0 saturated heterocycles. The van der Waals surface area contributed by atoms with E-state index in [0.29, 0.717) is 16.7 Å². The van der Waals surface area contributed by atoms with Gasteiger partial charge in [-0.05, 0) is 44.4 Å². The van der Waals surface area contributed by atoms with Crippen LogP contribution in [0.5, 0.6) is 0 Å². The van der Waals surface area contributed by atoms with Crippen molar-refractivity contribution in [1.29, 1.82) is 0 Å². The zero-order valence-corrected chi connectivity index (χ0v) is 12.8. The number of aryl methyl sites for hydroxylation is 2. The van der Waals surface area contributed by atoms with Gasteiger partial charge in [-0.3, -0.25) is 9.59 Å². The van der Waals surface area contributed by atoms with Gasteiger partial charge in [-0.2, -0.15) is 0 Å². The average Bonchev–Trinajstić information content (AvgIpc) is 3.33. The van der Waals surface area contributed by atoms with Gasteiger partial charge in [-0.1, -0.05) is 35.9 Å². The Kier molecular flexibility index (Phi) is 3.80. The SMILES string of the molecule is Cc1ccc(C)c(C(=O)c2ccccc2C(=O)NC2CC2)c1. The van der Waals surface area contributed by atoms with E-state index in [0.717, 1.165) is 24.0 Å². The standard InChI is InChI=1S/C19H19NO2/c1-12-7-8-13(2)17(11-12)18(21)15-5-3-4-6-16(15)19(22)20-14-9-10-14/h3-8,11,14H,9-10H2,1-2H3,(H,20,22). The predicted octanol–water partition coefficient (Wildman–Crippen LogP) is 3.43. The summed E-state index contributed by atoms with van der Waals surface area (Å²) in [5, 5.41) is 2.95. The molecule has 1 fully saturated rings. The number of carbonyl (C=O) groups is 2. The number of hydrogen-bond donors (Lipinski definition) is 1. The van der Waals surface area contributed by atoms with Crippen molar-refractivity contribution in [3.05, 3.63) is 70.3 Å². The summed E-state index contributed by atoms with van der Waals surface area (Å²) in [5.41, 5.74) is 3.54. The maximum absolute atomic E-state index is 12.9. The van der Waals surface area contributed by atoms with E-state index < -0.39 is 0 Å². The number of benzene rings is 2. The molecule has 0 bridgehead atoms. The topological polar surface area (TPSA) is 46.2 Å². The van der Waals surface area contributed by atoms with Gasteiger partial charge >= 0.3 is 0 Å². The Labute approximate surface area is 130 Å². The fourth-order valence-electron chi connectivity index (χ4n) is 2.50. The zero-order valence-electron chi connectivity index (χ0n) is 12.8. The van der Waals surface area contributed by atoms with Crippen LogP contribution in [0.4, 0.5) is 0 Å². The van der Waals surface area contributed by atoms with Gasteiger partial charge in [0, 0.05) is 17.2 Å². The molecule has 3 rings (SSSR count). The lowest BCUT2D eigenvalue weighted by Gasteiger charge is -2.11. The third-order valence-corrected chi connectivity index (χ3v) is 3.97. The van der Waals surface area contributed by atoms with Crippen LogP contribution >= 0.6 is 0 Å². The van der Waals surface area contributed by atoms with Crippen LogP contribution in [0.2, 0.25) is 0 Å². The van der Waals surface area contributed by atoms with Crippen molar-refractivity contribution in [2.75, 3.05) is 0 Å². The maximum atomic E-state index is 12.9. The van der Waals surface area contributed by atoms with E-state index in [1.165, 1.54) is 0 Å². The normalized spacial score (nSPS) is 13.7. The lowest BCUT2D eigenvalue weighted by Crippen LogP contribution is -2.27. The highest BCUT2D eigenvalue weighted by atomic mass is 16.2. The number of amides is 1. The third kappa shape index (κ3) is 2.93. The van der Waals surface area contributed by atoms with E-state index in [2.05, 4.69) is 5.32 Å². The summed E-state index contributed by atoms with van der Waals surface area (Å²) >= 11 is 0. The molecule has 1 aliphatic rings. The predicted molar refractivity (Wildman–Crippen MR) is 86.3 cm³/mol. The van der Waals surface area contributed by atoms with Crippen molar-refractivity contribution in [3.63, 3.8) is 0 Å². The second kappa shape index (κ2) is 5.76.